The van der Waals surface area contributed by atoms with Gasteiger partial charge in [0.25, 0.3) is 0 Å². The zero-order valence-corrected chi connectivity index (χ0v) is 16.0. The molecule has 4 heteroatoms. The first-order valence-corrected chi connectivity index (χ1v) is 9.84. The van der Waals surface area contributed by atoms with E-state index in [1.54, 1.807) is 18.2 Å². The second-order valence-corrected chi connectivity index (χ2v) is 7.74. The van der Waals surface area contributed by atoms with Crippen molar-refractivity contribution in [1.29, 1.82) is 0 Å². The van der Waals surface area contributed by atoms with Crippen LogP contribution in [0.3, 0.4) is 0 Å². The maximum absolute atomic E-state index is 14.1. The number of benzene rings is 3. The molecule has 1 aliphatic rings. The van der Waals surface area contributed by atoms with Crippen LogP contribution in [0.25, 0.3) is 10.8 Å². The van der Waals surface area contributed by atoms with Crippen LogP contribution in [0.1, 0.15) is 36.4 Å². The third-order valence-electron chi connectivity index (χ3n) is 5.23. The van der Waals surface area contributed by atoms with E-state index in [1.165, 1.54) is 12.5 Å². The Bertz CT molecular complexity index is 937. The summed E-state index contributed by atoms with van der Waals surface area (Å²) in [7, 11) is 0. The molecular formula is C22H21BrFNO. The Hall–Kier alpha value is -1.91. The van der Waals surface area contributed by atoms with Crippen molar-refractivity contribution in [2.45, 2.75) is 25.3 Å². The highest BCUT2D eigenvalue weighted by Gasteiger charge is 2.29. The third-order valence-corrected chi connectivity index (χ3v) is 5.95. The summed E-state index contributed by atoms with van der Waals surface area (Å²) < 4.78 is 15.0. The van der Waals surface area contributed by atoms with Crippen molar-refractivity contribution in [3.63, 3.8) is 0 Å². The Morgan fingerprint density at radius 2 is 1.73 bits per heavy atom. The highest BCUT2D eigenvalue weighted by atomic mass is 79.9. The first kappa shape index (κ1) is 17.5. The van der Waals surface area contributed by atoms with Crippen LogP contribution in [0.5, 0.6) is 5.75 Å². The van der Waals surface area contributed by atoms with Crippen molar-refractivity contribution in [2.24, 2.45) is 0 Å². The van der Waals surface area contributed by atoms with E-state index in [2.05, 4.69) is 20.8 Å². The molecule has 0 aliphatic carbocycles. The zero-order chi connectivity index (χ0) is 18.1. The zero-order valence-electron chi connectivity index (χ0n) is 14.5. The Balaban J connectivity index is 1.97. The van der Waals surface area contributed by atoms with Gasteiger partial charge in [0, 0.05) is 10.0 Å². The molecule has 2 nitrogen and oxygen atoms in total. The summed E-state index contributed by atoms with van der Waals surface area (Å²) in [5, 5.41) is 12.9. The Kier molecular flexibility index (Phi) is 4.96. The molecule has 134 valence electrons. The first-order valence-electron chi connectivity index (χ1n) is 9.05. The molecule has 1 atom stereocenters. The number of halogens is 2. The topological polar surface area (TPSA) is 23.5 Å². The highest BCUT2D eigenvalue weighted by molar-refractivity contribution is 9.10. The van der Waals surface area contributed by atoms with Crippen LogP contribution in [0, 0.1) is 5.82 Å². The second kappa shape index (κ2) is 7.37. The van der Waals surface area contributed by atoms with Crippen LogP contribution in [0.2, 0.25) is 0 Å². The molecule has 1 fully saturated rings. The van der Waals surface area contributed by atoms with E-state index in [1.807, 2.05) is 30.3 Å². The lowest BCUT2D eigenvalue weighted by molar-refractivity contribution is 0.185. The van der Waals surface area contributed by atoms with Crippen LogP contribution in [0.15, 0.2) is 59.1 Å². The predicted molar refractivity (Wildman–Crippen MR) is 107 cm³/mol. The van der Waals surface area contributed by atoms with Gasteiger partial charge in [0.15, 0.2) is 0 Å². The van der Waals surface area contributed by atoms with E-state index in [0.717, 1.165) is 52.3 Å². The van der Waals surface area contributed by atoms with Crippen LogP contribution < -0.4 is 0 Å². The number of hydrogen-bond donors (Lipinski definition) is 1. The van der Waals surface area contributed by atoms with Gasteiger partial charge in [-0.25, -0.2) is 4.39 Å². The smallest absolute Gasteiger partial charge is 0.123 e. The van der Waals surface area contributed by atoms with Gasteiger partial charge in [-0.3, -0.25) is 4.90 Å². The number of fused-ring (bicyclic) bond motifs is 1. The van der Waals surface area contributed by atoms with Crippen LogP contribution in [-0.4, -0.2) is 23.1 Å². The fraction of sp³-hybridized carbons (Fsp3) is 0.273. The van der Waals surface area contributed by atoms with Gasteiger partial charge in [-0.15, -0.1) is 0 Å². The monoisotopic (exact) mass is 413 g/mol. The molecule has 0 saturated carbocycles. The molecule has 0 spiro atoms. The van der Waals surface area contributed by atoms with Crippen LogP contribution >= 0.6 is 15.9 Å². The highest BCUT2D eigenvalue weighted by Crippen LogP contribution is 2.42. The molecule has 0 bridgehead atoms. The number of nitrogens with zero attached hydrogens (tertiary/aromatic N) is 1. The number of piperidine rings is 1. The van der Waals surface area contributed by atoms with E-state index in [9.17, 15) is 9.50 Å². The van der Waals surface area contributed by atoms with Gasteiger partial charge in [-0.05, 0) is 66.5 Å². The average molecular weight is 414 g/mol. The molecule has 0 amide bonds. The molecule has 1 heterocycles. The second-order valence-electron chi connectivity index (χ2n) is 6.88. The number of hydrogen-bond acceptors (Lipinski definition) is 2. The van der Waals surface area contributed by atoms with Crippen molar-refractivity contribution in [3.05, 3.63) is 76.0 Å². The summed E-state index contributed by atoms with van der Waals surface area (Å²) in [6, 6.07) is 16.4. The summed E-state index contributed by atoms with van der Waals surface area (Å²) in [6.45, 7) is 1.88. The van der Waals surface area contributed by atoms with Crippen molar-refractivity contribution in [1.82, 2.24) is 4.90 Å². The van der Waals surface area contributed by atoms with Gasteiger partial charge in [-0.2, -0.15) is 0 Å². The normalized spacial score (nSPS) is 16.7. The summed E-state index contributed by atoms with van der Waals surface area (Å²) in [6.07, 6.45) is 3.46. The predicted octanol–water partition coefficient (Wildman–Crippen LogP) is 6.02. The molecule has 0 aromatic heterocycles. The lowest BCUT2D eigenvalue weighted by atomic mass is 9.90. The molecule has 26 heavy (non-hydrogen) atoms. The summed E-state index contributed by atoms with van der Waals surface area (Å²) in [5.41, 5.74) is 1.72. The van der Waals surface area contributed by atoms with Crippen molar-refractivity contribution in [3.8, 4) is 5.75 Å². The van der Waals surface area contributed by atoms with Crippen molar-refractivity contribution < 1.29 is 9.50 Å². The fourth-order valence-corrected chi connectivity index (χ4v) is 4.47. The minimum absolute atomic E-state index is 0.188. The van der Waals surface area contributed by atoms with E-state index >= 15 is 0 Å². The molecule has 1 aliphatic heterocycles. The van der Waals surface area contributed by atoms with Crippen molar-refractivity contribution in [2.75, 3.05) is 13.1 Å². The molecule has 3 aromatic carbocycles. The van der Waals surface area contributed by atoms with Gasteiger partial charge in [-0.1, -0.05) is 52.7 Å². The molecular weight excluding hydrogens is 393 g/mol. The summed E-state index contributed by atoms with van der Waals surface area (Å²) in [4.78, 5) is 2.37. The fourth-order valence-electron chi connectivity index (χ4n) is 4.01. The average Bonchev–Trinajstić information content (AvgIpc) is 2.67. The maximum Gasteiger partial charge on any atom is 0.123 e. The SMILES string of the molecule is Oc1ccc2ccccc2c1C(c1cc(F)ccc1Br)N1CCCCC1. The number of phenols is 1. The van der Waals surface area contributed by atoms with Crippen LogP contribution in [0.4, 0.5) is 4.39 Å². The largest absolute Gasteiger partial charge is 0.508 e. The van der Waals surface area contributed by atoms with Gasteiger partial charge in [0.2, 0.25) is 0 Å². The quantitative estimate of drug-likeness (QED) is 0.566. The molecule has 1 N–H and O–H groups in total. The van der Waals surface area contributed by atoms with Gasteiger partial charge >= 0.3 is 0 Å². The van der Waals surface area contributed by atoms with Gasteiger partial charge < -0.3 is 5.11 Å². The number of phenolic OH excluding ortho intramolecular Hbond substituents is 1. The molecule has 4 rings (SSSR count). The number of aromatic hydroxyl groups is 1. The van der Waals surface area contributed by atoms with E-state index < -0.39 is 0 Å². The minimum Gasteiger partial charge on any atom is -0.508 e. The first-order chi connectivity index (χ1) is 12.6. The lowest BCUT2D eigenvalue weighted by Gasteiger charge is -2.36. The number of likely N-dealkylation sites (tertiary alicyclic amines) is 1. The van der Waals surface area contributed by atoms with Gasteiger partial charge in [0.1, 0.15) is 11.6 Å². The maximum atomic E-state index is 14.1. The third kappa shape index (κ3) is 3.24. The number of rotatable bonds is 3. The Morgan fingerprint density at radius 3 is 2.54 bits per heavy atom. The molecule has 1 saturated heterocycles. The standard InChI is InChI=1S/C22H21BrFNO/c23-19-10-9-16(24)14-18(19)22(25-12-4-1-5-13-25)21-17-7-3-2-6-15(17)8-11-20(21)26/h2-3,6-11,14,22,26H,1,4-5,12-13H2. The molecule has 0 radical (unpaired) electrons. The Labute approximate surface area is 161 Å². The van der Waals surface area contributed by atoms with Crippen LogP contribution in [-0.2, 0) is 0 Å². The van der Waals surface area contributed by atoms with Crippen molar-refractivity contribution >= 4 is 26.7 Å². The van der Waals surface area contributed by atoms with E-state index in [0.29, 0.717) is 0 Å². The van der Waals surface area contributed by atoms with Gasteiger partial charge in [0.05, 0.1) is 6.04 Å². The summed E-state index contributed by atoms with van der Waals surface area (Å²) in [5.74, 6) is 0.000343. The Morgan fingerprint density at radius 1 is 0.962 bits per heavy atom. The lowest BCUT2D eigenvalue weighted by Crippen LogP contribution is -2.34. The summed E-state index contributed by atoms with van der Waals surface area (Å²) >= 11 is 3.61. The molecule has 1 unspecified atom stereocenters. The minimum atomic E-state index is -0.259. The molecule has 3 aromatic rings. The van der Waals surface area contributed by atoms with E-state index in [-0.39, 0.29) is 17.6 Å². The van der Waals surface area contributed by atoms with E-state index in [4.69, 9.17) is 0 Å².